The van der Waals surface area contributed by atoms with Gasteiger partial charge in [-0.3, -0.25) is 0 Å². The van der Waals surface area contributed by atoms with Gasteiger partial charge in [-0.2, -0.15) is 0 Å². The van der Waals surface area contributed by atoms with Gasteiger partial charge in [0.1, 0.15) is 0 Å². The Morgan fingerprint density at radius 2 is 2.11 bits per heavy atom. The van der Waals surface area contributed by atoms with Crippen molar-refractivity contribution < 1.29 is 13.5 Å². The van der Waals surface area contributed by atoms with E-state index in [2.05, 4.69) is 4.72 Å². The summed E-state index contributed by atoms with van der Waals surface area (Å²) in [6, 6.07) is 4.83. The van der Waals surface area contributed by atoms with Gasteiger partial charge in [0.25, 0.3) is 0 Å². The van der Waals surface area contributed by atoms with Crippen LogP contribution in [-0.2, 0) is 10.0 Å². The second kappa shape index (κ2) is 7.24. The van der Waals surface area contributed by atoms with Crippen molar-refractivity contribution in [2.24, 2.45) is 5.92 Å². The molecule has 0 amide bonds. The van der Waals surface area contributed by atoms with Crippen LogP contribution in [0, 0.1) is 12.8 Å². The average molecular weight is 306 g/mol. The zero-order chi connectivity index (χ0) is 14.5. The van der Waals surface area contributed by atoms with Crippen LogP contribution >= 0.6 is 11.6 Å². The summed E-state index contributed by atoms with van der Waals surface area (Å²) in [5, 5.41) is 9.33. The lowest BCUT2D eigenvalue weighted by atomic mass is 10.1. The van der Waals surface area contributed by atoms with Gasteiger partial charge in [0.05, 0.1) is 4.90 Å². The summed E-state index contributed by atoms with van der Waals surface area (Å²) in [6.45, 7) is 4.10. The van der Waals surface area contributed by atoms with Crippen molar-refractivity contribution in [3.63, 3.8) is 0 Å². The number of nitrogens with one attached hydrogen (secondary N) is 1. The Hall–Kier alpha value is -0.620. The third-order valence-electron chi connectivity index (χ3n) is 2.98. The van der Waals surface area contributed by atoms with E-state index in [1.807, 2.05) is 6.92 Å². The van der Waals surface area contributed by atoms with Gasteiger partial charge in [0, 0.05) is 18.2 Å². The number of hydrogen-bond acceptors (Lipinski definition) is 3. The van der Waals surface area contributed by atoms with Crippen LogP contribution in [0.3, 0.4) is 0 Å². The Balaban J connectivity index is 2.64. The highest BCUT2D eigenvalue weighted by molar-refractivity contribution is 7.89. The van der Waals surface area contributed by atoms with Crippen molar-refractivity contribution >= 4 is 21.6 Å². The molecule has 1 unspecified atom stereocenters. The Bertz CT molecular complexity index is 517. The second-order valence-corrected chi connectivity index (χ2v) is 6.83. The molecule has 0 aliphatic heterocycles. The molecule has 0 spiro atoms. The maximum absolute atomic E-state index is 12.1. The Morgan fingerprint density at radius 1 is 1.42 bits per heavy atom. The smallest absolute Gasteiger partial charge is 0.240 e. The highest BCUT2D eigenvalue weighted by atomic mass is 35.5. The molecule has 0 aliphatic rings. The number of benzene rings is 1. The number of rotatable bonds is 7. The molecule has 0 heterocycles. The molecule has 1 aromatic carbocycles. The van der Waals surface area contributed by atoms with E-state index in [1.165, 1.54) is 0 Å². The standard InChI is InChI=1S/C13H20ClNO3S/c1-10(9-16)5-4-8-15-19(17,18)13-7-3-6-12(14)11(13)2/h3,6-7,10,15-16H,4-5,8-9H2,1-2H3. The van der Waals surface area contributed by atoms with E-state index in [1.54, 1.807) is 25.1 Å². The van der Waals surface area contributed by atoms with E-state index in [0.29, 0.717) is 23.6 Å². The lowest BCUT2D eigenvalue weighted by Gasteiger charge is -2.11. The maximum Gasteiger partial charge on any atom is 0.240 e. The fraction of sp³-hybridized carbons (Fsp3) is 0.538. The van der Waals surface area contributed by atoms with Gasteiger partial charge in [-0.15, -0.1) is 0 Å². The van der Waals surface area contributed by atoms with Gasteiger partial charge >= 0.3 is 0 Å². The number of hydrogen-bond donors (Lipinski definition) is 2. The molecule has 0 saturated carbocycles. The quantitative estimate of drug-likeness (QED) is 0.760. The molecule has 1 atom stereocenters. The molecule has 108 valence electrons. The summed E-state index contributed by atoms with van der Waals surface area (Å²) >= 11 is 5.92. The average Bonchev–Trinajstić information content (AvgIpc) is 2.37. The topological polar surface area (TPSA) is 66.4 Å². The van der Waals surface area contributed by atoms with E-state index < -0.39 is 10.0 Å². The predicted molar refractivity (Wildman–Crippen MR) is 76.9 cm³/mol. The van der Waals surface area contributed by atoms with E-state index in [4.69, 9.17) is 16.7 Å². The minimum absolute atomic E-state index is 0.125. The molecule has 0 radical (unpaired) electrons. The molecule has 0 aliphatic carbocycles. The fourth-order valence-electron chi connectivity index (χ4n) is 1.70. The lowest BCUT2D eigenvalue weighted by Crippen LogP contribution is -2.26. The number of aliphatic hydroxyl groups is 1. The molecule has 1 aromatic rings. The second-order valence-electron chi connectivity index (χ2n) is 4.69. The van der Waals surface area contributed by atoms with Crippen LogP contribution in [0.5, 0.6) is 0 Å². The number of halogens is 1. The van der Waals surface area contributed by atoms with Gasteiger partial charge in [0.2, 0.25) is 10.0 Å². The molecule has 2 N–H and O–H groups in total. The van der Waals surface area contributed by atoms with Crippen LogP contribution in [0.25, 0.3) is 0 Å². The Morgan fingerprint density at radius 3 is 2.74 bits per heavy atom. The van der Waals surface area contributed by atoms with Crippen molar-refractivity contribution in [2.75, 3.05) is 13.2 Å². The molecule has 0 bridgehead atoms. The van der Waals surface area contributed by atoms with E-state index in [0.717, 1.165) is 6.42 Å². The first-order valence-corrected chi connectivity index (χ1v) is 8.10. The van der Waals surface area contributed by atoms with E-state index >= 15 is 0 Å². The van der Waals surface area contributed by atoms with Crippen LogP contribution in [0.15, 0.2) is 23.1 Å². The van der Waals surface area contributed by atoms with Gasteiger partial charge < -0.3 is 5.11 Å². The first-order chi connectivity index (χ1) is 8.88. The summed E-state index contributed by atoms with van der Waals surface area (Å²) in [4.78, 5) is 0.218. The molecule has 0 saturated heterocycles. The Kier molecular flexibility index (Phi) is 6.26. The van der Waals surface area contributed by atoms with Crippen LogP contribution < -0.4 is 4.72 Å². The van der Waals surface area contributed by atoms with Crippen molar-refractivity contribution in [3.05, 3.63) is 28.8 Å². The van der Waals surface area contributed by atoms with Crippen molar-refractivity contribution in [1.82, 2.24) is 4.72 Å². The first-order valence-electron chi connectivity index (χ1n) is 6.24. The van der Waals surface area contributed by atoms with Gasteiger partial charge in [-0.25, -0.2) is 13.1 Å². The van der Waals surface area contributed by atoms with Crippen LogP contribution in [-0.4, -0.2) is 26.7 Å². The monoisotopic (exact) mass is 305 g/mol. The third-order valence-corrected chi connectivity index (χ3v) is 5.00. The van der Waals surface area contributed by atoms with E-state index in [-0.39, 0.29) is 17.4 Å². The normalized spacial score (nSPS) is 13.5. The predicted octanol–water partition coefficient (Wildman–Crippen LogP) is 2.34. The molecular weight excluding hydrogens is 286 g/mol. The molecule has 6 heteroatoms. The van der Waals surface area contributed by atoms with Crippen molar-refractivity contribution in [1.29, 1.82) is 0 Å². The molecule has 0 fully saturated rings. The summed E-state index contributed by atoms with van der Waals surface area (Å²) in [5.74, 6) is 0.192. The summed E-state index contributed by atoms with van der Waals surface area (Å²) in [6.07, 6.45) is 1.48. The van der Waals surface area contributed by atoms with E-state index in [9.17, 15) is 8.42 Å². The zero-order valence-electron chi connectivity index (χ0n) is 11.2. The lowest BCUT2D eigenvalue weighted by molar-refractivity contribution is 0.228. The molecule has 1 rings (SSSR count). The number of sulfonamides is 1. The van der Waals surface area contributed by atoms with Gasteiger partial charge in [-0.1, -0.05) is 24.6 Å². The molecular formula is C13H20ClNO3S. The van der Waals surface area contributed by atoms with Gasteiger partial charge in [0.15, 0.2) is 0 Å². The SMILES string of the molecule is Cc1c(Cl)cccc1S(=O)(=O)NCCCC(C)CO. The van der Waals surface area contributed by atoms with Crippen LogP contribution in [0.2, 0.25) is 5.02 Å². The van der Waals surface area contributed by atoms with Crippen LogP contribution in [0.4, 0.5) is 0 Å². The van der Waals surface area contributed by atoms with Crippen molar-refractivity contribution in [3.8, 4) is 0 Å². The summed E-state index contributed by atoms with van der Waals surface area (Å²) in [7, 11) is -3.52. The fourth-order valence-corrected chi connectivity index (χ4v) is 3.27. The summed E-state index contributed by atoms with van der Waals surface area (Å²) < 4.78 is 26.8. The highest BCUT2D eigenvalue weighted by Gasteiger charge is 2.17. The minimum atomic E-state index is -3.52. The first kappa shape index (κ1) is 16.4. The third kappa shape index (κ3) is 4.76. The molecule has 19 heavy (non-hydrogen) atoms. The minimum Gasteiger partial charge on any atom is -0.396 e. The maximum atomic E-state index is 12.1. The largest absolute Gasteiger partial charge is 0.396 e. The van der Waals surface area contributed by atoms with Crippen molar-refractivity contribution in [2.45, 2.75) is 31.6 Å². The zero-order valence-corrected chi connectivity index (χ0v) is 12.8. The van der Waals surface area contributed by atoms with Crippen LogP contribution in [0.1, 0.15) is 25.3 Å². The molecule has 0 aromatic heterocycles. The summed E-state index contributed by atoms with van der Waals surface area (Å²) in [5.41, 5.74) is 0.556. The van der Waals surface area contributed by atoms with Gasteiger partial charge in [-0.05, 0) is 43.4 Å². The highest BCUT2D eigenvalue weighted by Crippen LogP contribution is 2.22. The number of aliphatic hydroxyl groups excluding tert-OH is 1. The Labute approximate surface area is 119 Å². The molecule has 4 nitrogen and oxygen atoms in total.